The minimum absolute atomic E-state index is 0.247. The Labute approximate surface area is 117 Å². The molecule has 3 rings (SSSR count). The van der Waals surface area contributed by atoms with E-state index in [1.54, 1.807) is 0 Å². The van der Waals surface area contributed by atoms with E-state index in [0.29, 0.717) is 0 Å². The van der Waals surface area contributed by atoms with Crippen LogP contribution in [0.5, 0.6) is 0 Å². The van der Waals surface area contributed by atoms with Gasteiger partial charge in [-0.2, -0.15) is 0 Å². The first-order valence-electron chi connectivity index (χ1n) is 8.40. The largest absolute Gasteiger partial charge is 0.381 e. The molecule has 1 aliphatic carbocycles. The lowest BCUT2D eigenvalue weighted by Gasteiger charge is -2.53. The van der Waals surface area contributed by atoms with Crippen molar-refractivity contribution >= 4 is 0 Å². The van der Waals surface area contributed by atoms with Crippen LogP contribution >= 0.6 is 0 Å². The molecule has 3 nitrogen and oxygen atoms in total. The number of nitrogens with two attached hydrogens (primary N) is 1. The van der Waals surface area contributed by atoms with Crippen LogP contribution in [0.25, 0.3) is 0 Å². The van der Waals surface area contributed by atoms with Gasteiger partial charge in [-0.25, -0.2) is 0 Å². The molecule has 0 amide bonds. The van der Waals surface area contributed by atoms with Crippen molar-refractivity contribution in [1.82, 2.24) is 4.90 Å². The van der Waals surface area contributed by atoms with Crippen LogP contribution in [0.1, 0.15) is 57.8 Å². The third-order valence-corrected chi connectivity index (χ3v) is 5.88. The van der Waals surface area contributed by atoms with Gasteiger partial charge in [-0.1, -0.05) is 12.8 Å². The topological polar surface area (TPSA) is 38.5 Å². The normalized spacial score (nSPS) is 41.5. The van der Waals surface area contributed by atoms with E-state index >= 15 is 0 Å². The average molecular weight is 266 g/mol. The Bertz CT molecular complexity index is 284. The van der Waals surface area contributed by atoms with Gasteiger partial charge in [-0.15, -0.1) is 0 Å². The molecule has 3 heteroatoms. The van der Waals surface area contributed by atoms with Gasteiger partial charge >= 0.3 is 0 Å². The van der Waals surface area contributed by atoms with Crippen LogP contribution < -0.4 is 5.73 Å². The fourth-order valence-corrected chi connectivity index (χ4v) is 4.81. The zero-order valence-corrected chi connectivity index (χ0v) is 12.3. The summed E-state index contributed by atoms with van der Waals surface area (Å²) in [6, 6.07) is 0.823. The number of hydrogen-bond donors (Lipinski definition) is 1. The molecule has 0 aromatic heterocycles. The standard InChI is InChI=1S/C16H30N2O/c17-13-16(8-4-11-19-12-9-16)18-10-3-6-14-5-1-2-7-15(14)18/h14-15H,1-13,17H2/t14-,15-,16?/m1/s1. The van der Waals surface area contributed by atoms with Gasteiger partial charge < -0.3 is 10.5 Å². The van der Waals surface area contributed by atoms with E-state index in [0.717, 1.165) is 38.1 Å². The molecule has 110 valence electrons. The minimum Gasteiger partial charge on any atom is -0.381 e. The van der Waals surface area contributed by atoms with Crippen LogP contribution in [0.3, 0.4) is 0 Å². The minimum atomic E-state index is 0.247. The Hall–Kier alpha value is -0.120. The van der Waals surface area contributed by atoms with Gasteiger partial charge in [0.05, 0.1) is 0 Å². The number of fused-ring (bicyclic) bond motifs is 1. The van der Waals surface area contributed by atoms with E-state index in [-0.39, 0.29) is 5.54 Å². The van der Waals surface area contributed by atoms with Crippen molar-refractivity contribution in [1.29, 1.82) is 0 Å². The molecule has 0 radical (unpaired) electrons. The van der Waals surface area contributed by atoms with Crippen molar-refractivity contribution in [2.45, 2.75) is 69.4 Å². The lowest BCUT2D eigenvalue weighted by molar-refractivity contribution is -0.0349. The maximum atomic E-state index is 6.26. The number of nitrogens with zero attached hydrogens (tertiary/aromatic N) is 1. The maximum Gasteiger partial charge on any atom is 0.0484 e. The van der Waals surface area contributed by atoms with Crippen LogP contribution in [0, 0.1) is 5.92 Å². The van der Waals surface area contributed by atoms with Crippen LogP contribution in [-0.4, -0.2) is 42.8 Å². The van der Waals surface area contributed by atoms with E-state index in [2.05, 4.69) is 4.90 Å². The Balaban J connectivity index is 1.79. The quantitative estimate of drug-likeness (QED) is 0.835. The fourth-order valence-electron chi connectivity index (χ4n) is 4.81. The number of likely N-dealkylation sites (tertiary alicyclic amines) is 1. The van der Waals surface area contributed by atoms with Crippen LogP contribution in [0.4, 0.5) is 0 Å². The Morgan fingerprint density at radius 2 is 1.84 bits per heavy atom. The molecule has 0 aromatic carbocycles. The molecule has 1 unspecified atom stereocenters. The Morgan fingerprint density at radius 1 is 1.00 bits per heavy atom. The fraction of sp³-hybridized carbons (Fsp3) is 1.00. The van der Waals surface area contributed by atoms with Crippen molar-refractivity contribution in [2.24, 2.45) is 11.7 Å². The monoisotopic (exact) mass is 266 g/mol. The highest BCUT2D eigenvalue weighted by molar-refractivity contribution is 5.00. The number of ether oxygens (including phenoxy) is 1. The zero-order valence-electron chi connectivity index (χ0n) is 12.3. The Kier molecular flexibility index (Phi) is 4.45. The smallest absolute Gasteiger partial charge is 0.0484 e. The third-order valence-electron chi connectivity index (χ3n) is 5.88. The second-order valence-electron chi connectivity index (χ2n) is 6.84. The summed E-state index contributed by atoms with van der Waals surface area (Å²) in [5, 5.41) is 0. The maximum absolute atomic E-state index is 6.26. The SMILES string of the molecule is NCC1(N2CCC[C@H]3CCCC[C@H]32)CCCOCC1. The highest BCUT2D eigenvalue weighted by Gasteiger charge is 2.44. The predicted molar refractivity (Wildman–Crippen MR) is 78.1 cm³/mol. The average Bonchev–Trinajstić information content (AvgIpc) is 2.73. The highest BCUT2D eigenvalue weighted by atomic mass is 16.5. The van der Waals surface area contributed by atoms with E-state index in [4.69, 9.17) is 10.5 Å². The first kappa shape index (κ1) is 13.8. The number of rotatable bonds is 2. The molecule has 3 atom stereocenters. The molecule has 0 spiro atoms. The summed E-state index contributed by atoms with van der Waals surface area (Å²) in [6.45, 7) is 3.94. The number of hydrogen-bond acceptors (Lipinski definition) is 3. The van der Waals surface area contributed by atoms with Gasteiger partial charge in [0.2, 0.25) is 0 Å². The summed E-state index contributed by atoms with van der Waals surface area (Å²) < 4.78 is 5.70. The van der Waals surface area contributed by atoms with Gasteiger partial charge in [0.15, 0.2) is 0 Å². The number of piperidine rings is 1. The molecular formula is C16H30N2O. The lowest BCUT2D eigenvalue weighted by Crippen LogP contribution is -2.62. The van der Waals surface area contributed by atoms with E-state index in [1.807, 2.05) is 0 Å². The van der Waals surface area contributed by atoms with Crippen LogP contribution in [-0.2, 0) is 4.74 Å². The molecule has 3 aliphatic rings. The van der Waals surface area contributed by atoms with Crippen molar-refractivity contribution in [3.63, 3.8) is 0 Å². The summed E-state index contributed by atoms with van der Waals surface area (Å²) in [7, 11) is 0. The molecule has 3 fully saturated rings. The van der Waals surface area contributed by atoms with Crippen molar-refractivity contribution in [2.75, 3.05) is 26.3 Å². The Morgan fingerprint density at radius 3 is 2.74 bits per heavy atom. The van der Waals surface area contributed by atoms with Gasteiger partial charge in [0, 0.05) is 31.3 Å². The van der Waals surface area contributed by atoms with Crippen LogP contribution in [0.15, 0.2) is 0 Å². The first-order valence-corrected chi connectivity index (χ1v) is 8.40. The second kappa shape index (κ2) is 6.11. The second-order valence-corrected chi connectivity index (χ2v) is 6.84. The van der Waals surface area contributed by atoms with E-state index < -0.39 is 0 Å². The molecule has 1 saturated carbocycles. The summed E-state index contributed by atoms with van der Waals surface area (Å²) in [4.78, 5) is 2.84. The molecule has 2 aliphatic heterocycles. The lowest BCUT2D eigenvalue weighted by atomic mass is 9.74. The molecule has 19 heavy (non-hydrogen) atoms. The predicted octanol–water partition coefficient (Wildman–Crippen LogP) is 2.54. The van der Waals surface area contributed by atoms with E-state index in [9.17, 15) is 0 Å². The molecule has 0 bridgehead atoms. The summed E-state index contributed by atoms with van der Waals surface area (Å²) >= 11 is 0. The van der Waals surface area contributed by atoms with Crippen molar-refractivity contribution in [3.05, 3.63) is 0 Å². The highest BCUT2D eigenvalue weighted by Crippen LogP contribution is 2.41. The van der Waals surface area contributed by atoms with Crippen molar-refractivity contribution in [3.8, 4) is 0 Å². The van der Waals surface area contributed by atoms with E-state index in [1.165, 1.54) is 57.9 Å². The third kappa shape index (κ3) is 2.70. The molecular weight excluding hydrogens is 236 g/mol. The molecule has 2 N–H and O–H groups in total. The van der Waals surface area contributed by atoms with Gasteiger partial charge in [0.25, 0.3) is 0 Å². The summed E-state index contributed by atoms with van der Waals surface area (Å²) in [6.07, 6.45) is 12.2. The van der Waals surface area contributed by atoms with Crippen molar-refractivity contribution < 1.29 is 4.74 Å². The molecule has 0 aromatic rings. The summed E-state index contributed by atoms with van der Waals surface area (Å²) in [5.41, 5.74) is 6.51. The molecule has 2 saturated heterocycles. The first-order chi connectivity index (χ1) is 9.36. The van der Waals surface area contributed by atoms with Crippen LogP contribution in [0.2, 0.25) is 0 Å². The van der Waals surface area contributed by atoms with Gasteiger partial charge in [-0.05, 0) is 57.4 Å². The van der Waals surface area contributed by atoms with Gasteiger partial charge in [0.1, 0.15) is 0 Å². The molecule has 2 heterocycles. The van der Waals surface area contributed by atoms with Gasteiger partial charge in [-0.3, -0.25) is 4.90 Å². The summed E-state index contributed by atoms with van der Waals surface area (Å²) in [5.74, 6) is 0.954. The zero-order chi connectivity index (χ0) is 13.1.